The van der Waals surface area contributed by atoms with E-state index >= 15 is 0 Å². The average Bonchev–Trinajstić information content (AvgIpc) is 3.08. The zero-order valence-corrected chi connectivity index (χ0v) is 14.2. The fourth-order valence-corrected chi connectivity index (χ4v) is 4.13. The number of nitrogens with one attached hydrogen (secondary N) is 1. The average molecular weight is 327 g/mol. The Morgan fingerprint density at radius 1 is 1.16 bits per heavy atom. The summed E-state index contributed by atoms with van der Waals surface area (Å²) in [6, 6.07) is 15.0. The van der Waals surface area contributed by atoms with Gasteiger partial charge in [-0.05, 0) is 36.5 Å². The molecule has 1 N–H and O–H groups in total. The van der Waals surface area contributed by atoms with Gasteiger partial charge in [-0.2, -0.15) is 10.5 Å². The molecule has 3 rings (SSSR count). The van der Waals surface area contributed by atoms with Crippen molar-refractivity contribution in [1.29, 1.82) is 10.5 Å². The van der Waals surface area contributed by atoms with Gasteiger partial charge >= 0.3 is 0 Å². The Kier molecular flexibility index (Phi) is 5.32. The largest absolute Gasteiger partial charge is 0.310 e. The fraction of sp³-hybridized carbons (Fsp3) is 0.318. The van der Waals surface area contributed by atoms with E-state index in [-0.39, 0.29) is 23.5 Å². The molecular formula is C22H21N3. The summed E-state index contributed by atoms with van der Waals surface area (Å²) < 4.78 is 0. The van der Waals surface area contributed by atoms with E-state index in [0.717, 1.165) is 30.4 Å². The smallest absolute Gasteiger partial charge is 0.129 e. The summed E-state index contributed by atoms with van der Waals surface area (Å²) >= 11 is 0. The third kappa shape index (κ3) is 3.49. The van der Waals surface area contributed by atoms with E-state index in [1.807, 2.05) is 24.3 Å². The SMILES string of the molecule is C=C=C[C@@H]1C(=C(C#N)C#N)[C@H](C/C=C/c2ccccc2)C2CC[C@@H]1N2. The quantitative estimate of drug-likeness (QED) is 0.668. The highest BCUT2D eigenvalue weighted by Gasteiger charge is 2.44. The molecule has 1 aromatic carbocycles. The van der Waals surface area contributed by atoms with Gasteiger partial charge in [0.1, 0.15) is 17.7 Å². The van der Waals surface area contributed by atoms with Gasteiger partial charge in [0.2, 0.25) is 0 Å². The van der Waals surface area contributed by atoms with Gasteiger partial charge < -0.3 is 5.32 Å². The molecule has 0 aromatic heterocycles. The number of fused-ring (bicyclic) bond motifs is 2. The van der Waals surface area contributed by atoms with Gasteiger partial charge in [0.25, 0.3) is 0 Å². The molecule has 2 bridgehead atoms. The van der Waals surface area contributed by atoms with Crippen molar-refractivity contribution in [3.63, 3.8) is 0 Å². The molecule has 2 fully saturated rings. The molecule has 0 spiro atoms. The second kappa shape index (κ2) is 7.82. The van der Waals surface area contributed by atoms with Gasteiger partial charge in [0.05, 0.1) is 0 Å². The molecule has 3 nitrogen and oxygen atoms in total. The van der Waals surface area contributed by atoms with Crippen molar-refractivity contribution in [3.8, 4) is 12.1 Å². The zero-order valence-electron chi connectivity index (χ0n) is 14.2. The Morgan fingerprint density at radius 3 is 2.56 bits per heavy atom. The number of benzene rings is 1. The van der Waals surface area contributed by atoms with Crippen LogP contribution in [0.1, 0.15) is 24.8 Å². The Labute approximate surface area is 149 Å². The first-order chi connectivity index (χ1) is 12.3. The summed E-state index contributed by atoms with van der Waals surface area (Å²) in [7, 11) is 0. The Hall–Kier alpha value is -2.84. The number of hydrogen-bond acceptors (Lipinski definition) is 3. The Bertz CT molecular complexity index is 797. The van der Waals surface area contributed by atoms with Gasteiger partial charge in [-0.25, -0.2) is 0 Å². The van der Waals surface area contributed by atoms with Crippen molar-refractivity contribution in [2.45, 2.75) is 31.3 Å². The van der Waals surface area contributed by atoms with Crippen molar-refractivity contribution in [2.24, 2.45) is 11.8 Å². The number of rotatable bonds is 4. The van der Waals surface area contributed by atoms with Gasteiger partial charge in [-0.3, -0.25) is 0 Å². The van der Waals surface area contributed by atoms with Gasteiger partial charge in [0, 0.05) is 23.9 Å². The highest BCUT2D eigenvalue weighted by Crippen LogP contribution is 2.43. The molecule has 3 heteroatoms. The molecule has 1 unspecified atom stereocenters. The summed E-state index contributed by atoms with van der Waals surface area (Å²) in [4.78, 5) is 0. The summed E-state index contributed by atoms with van der Waals surface area (Å²) in [5.41, 5.74) is 5.25. The molecule has 0 aliphatic carbocycles. The van der Waals surface area contributed by atoms with Crippen molar-refractivity contribution in [2.75, 3.05) is 0 Å². The second-order valence-corrected chi connectivity index (χ2v) is 6.56. The molecule has 0 amide bonds. The Morgan fingerprint density at radius 2 is 1.88 bits per heavy atom. The van der Waals surface area contributed by atoms with Crippen LogP contribution in [0.2, 0.25) is 0 Å². The topological polar surface area (TPSA) is 59.6 Å². The maximum atomic E-state index is 9.46. The maximum absolute atomic E-state index is 9.46. The molecule has 2 aliphatic rings. The predicted molar refractivity (Wildman–Crippen MR) is 99.0 cm³/mol. The van der Waals surface area contributed by atoms with Crippen LogP contribution in [0.5, 0.6) is 0 Å². The number of piperidine rings is 1. The van der Waals surface area contributed by atoms with Crippen LogP contribution < -0.4 is 5.32 Å². The van der Waals surface area contributed by atoms with E-state index in [4.69, 9.17) is 0 Å². The van der Waals surface area contributed by atoms with Crippen LogP contribution in [-0.4, -0.2) is 12.1 Å². The van der Waals surface area contributed by atoms with Crippen LogP contribution in [-0.2, 0) is 0 Å². The number of allylic oxidation sites excluding steroid dienone is 2. The van der Waals surface area contributed by atoms with E-state index in [1.54, 1.807) is 0 Å². The first-order valence-corrected chi connectivity index (χ1v) is 8.66. The normalized spacial score (nSPS) is 27.4. The minimum Gasteiger partial charge on any atom is -0.310 e. The van der Waals surface area contributed by atoms with E-state index in [9.17, 15) is 10.5 Å². The molecule has 124 valence electrons. The minimum absolute atomic E-state index is 0.0284. The summed E-state index contributed by atoms with van der Waals surface area (Å²) in [6.07, 6.45) is 9.11. The summed E-state index contributed by atoms with van der Waals surface area (Å²) in [5, 5.41) is 22.6. The first-order valence-electron chi connectivity index (χ1n) is 8.66. The van der Waals surface area contributed by atoms with Crippen molar-refractivity contribution < 1.29 is 0 Å². The highest BCUT2D eigenvalue weighted by molar-refractivity contribution is 5.50. The van der Waals surface area contributed by atoms with Crippen LogP contribution in [0.4, 0.5) is 0 Å². The van der Waals surface area contributed by atoms with E-state index in [1.165, 1.54) is 0 Å². The van der Waals surface area contributed by atoms with Gasteiger partial charge in [0.15, 0.2) is 0 Å². The minimum atomic E-state index is 0.0284. The first kappa shape index (κ1) is 17.0. The number of nitriles is 2. The summed E-state index contributed by atoms with van der Waals surface area (Å²) in [5.74, 6) is 0.184. The Balaban J connectivity index is 1.93. The fourth-order valence-electron chi connectivity index (χ4n) is 4.13. The van der Waals surface area contributed by atoms with Crippen LogP contribution in [0.15, 0.2) is 65.9 Å². The second-order valence-electron chi connectivity index (χ2n) is 6.56. The molecular weight excluding hydrogens is 306 g/mol. The zero-order chi connectivity index (χ0) is 17.6. The molecule has 2 saturated heterocycles. The lowest BCUT2D eigenvalue weighted by Crippen LogP contribution is -2.47. The summed E-state index contributed by atoms with van der Waals surface area (Å²) in [6.45, 7) is 3.70. The third-order valence-corrected chi connectivity index (χ3v) is 5.20. The van der Waals surface area contributed by atoms with Crippen LogP contribution in [0.3, 0.4) is 0 Å². The van der Waals surface area contributed by atoms with E-state index in [2.05, 4.69) is 54.1 Å². The highest BCUT2D eigenvalue weighted by atomic mass is 15.0. The number of hydrogen-bond donors (Lipinski definition) is 1. The van der Waals surface area contributed by atoms with Crippen LogP contribution >= 0.6 is 0 Å². The molecule has 0 saturated carbocycles. The molecule has 25 heavy (non-hydrogen) atoms. The molecule has 4 atom stereocenters. The van der Waals surface area contributed by atoms with Crippen molar-refractivity contribution in [3.05, 3.63) is 71.5 Å². The lowest BCUT2D eigenvalue weighted by Gasteiger charge is -2.37. The van der Waals surface area contributed by atoms with Crippen molar-refractivity contribution in [1.82, 2.24) is 5.32 Å². The standard InChI is InChI=1S/C22H21N3/c1-2-7-18-20-12-13-21(25-20)19(22(18)17(14-23)15-24)11-6-10-16-8-4-3-5-9-16/h3-10,18-21,25H,1,11-13H2/b10-6+/t18-,19+,20-,21?/m0/s1. The number of nitrogens with zero attached hydrogens (tertiary/aromatic N) is 2. The lowest BCUT2D eigenvalue weighted by atomic mass is 9.75. The molecule has 1 aromatic rings. The lowest BCUT2D eigenvalue weighted by molar-refractivity contribution is 0.327. The molecule has 2 heterocycles. The molecule has 0 radical (unpaired) electrons. The van der Waals surface area contributed by atoms with Gasteiger partial charge in [-0.15, -0.1) is 5.73 Å². The van der Waals surface area contributed by atoms with E-state index < -0.39 is 0 Å². The third-order valence-electron chi connectivity index (χ3n) is 5.20. The monoisotopic (exact) mass is 327 g/mol. The van der Waals surface area contributed by atoms with Gasteiger partial charge in [-0.1, -0.05) is 49.1 Å². The van der Waals surface area contributed by atoms with Crippen LogP contribution in [0.25, 0.3) is 6.08 Å². The predicted octanol–water partition coefficient (Wildman–Crippen LogP) is 4.14. The molecule has 2 aliphatic heterocycles. The maximum Gasteiger partial charge on any atom is 0.129 e. The van der Waals surface area contributed by atoms with E-state index in [0.29, 0.717) is 6.04 Å². The van der Waals surface area contributed by atoms with Crippen molar-refractivity contribution >= 4 is 6.08 Å². The van der Waals surface area contributed by atoms with Crippen LogP contribution in [0, 0.1) is 34.5 Å².